The van der Waals surface area contributed by atoms with E-state index in [1.165, 1.54) is 23.4 Å². The zero-order valence-electron chi connectivity index (χ0n) is 18.3. The number of nitrogens with zero attached hydrogens (tertiary/aromatic N) is 5. The van der Waals surface area contributed by atoms with Crippen LogP contribution in [-0.4, -0.2) is 42.3 Å². The molecule has 2 unspecified atom stereocenters. The van der Waals surface area contributed by atoms with Crippen LogP contribution in [0.25, 0.3) is 10.6 Å². The van der Waals surface area contributed by atoms with Crippen molar-refractivity contribution in [1.29, 1.82) is 0 Å². The summed E-state index contributed by atoms with van der Waals surface area (Å²) >= 11 is 7.62. The molecule has 6 nitrogen and oxygen atoms in total. The first-order valence-electron chi connectivity index (χ1n) is 10.8. The highest BCUT2D eigenvalue weighted by Gasteiger charge is 2.43. The van der Waals surface area contributed by atoms with Gasteiger partial charge in [-0.2, -0.15) is 5.10 Å². The summed E-state index contributed by atoms with van der Waals surface area (Å²) in [5, 5.41) is 17.6. The van der Waals surface area contributed by atoms with Crippen molar-refractivity contribution in [1.82, 2.24) is 24.6 Å². The van der Waals surface area contributed by atoms with Crippen LogP contribution in [0, 0.1) is 11.6 Å². The minimum absolute atomic E-state index is 0.0221. The summed E-state index contributed by atoms with van der Waals surface area (Å²) < 4.78 is 30.0. The van der Waals surface area contributed by atoms with E-state index in [4.69, 9.17) is 16.6 Å². The van der Waals surface area contributed by atoms with Gasteiger partial charge in [-0.1, -0.05) is 29.8 Å². The lowest BCUT2D eigenvalue weighted by atomic mass is 9.85. The molecule has 3 heterocycles. The quantitative estimate of drug-likeness (QED) is 0.416. The molecule has 0 fully saturated rings. The second kappa shape index (κ2) is 9.14. The lowest BCUT2D eigenvalue weighted by molar-refractivity contribution is -0.0675. The van der Waals surface area contributed by atoms with Crippen LogP contribution < -0.4 is 0 Å². The molecule has 10 heteroatoms. The fraction of sp³-hybridized carbons (Fsp3) is 0.292. The fourth-order valence-corrected chi connectivity index (χ4v) is 5.67. The van der Waals surface area contributed by atoms with Crippen LogP contribution in [0.5, 0.6) is 0 Å². The third-order valence-electron chi connectivity index (χ3n) is 6.36. The highest BCUT2D eigenvalue weighted by atomic mass is 35.5. The van der Waals surface area contributed by atoms with Crippen LogP contribution in [0.1, 0.15) is 23.1 Å². The average molecular weight is 502 g/mol. The SMILES string of the molecule is CC(N1CCc2nc(-c3ccc(Cl)cc3)sc2C1)C(O)(Cn1cncn1)c1ccc(F)cc1F. The maximum Gasteiger partial charge on any atom is 0.137 e. The maximum atomic E-state index is 14.9. The molecule has 5 rings (SSSR count). The van der Waals surface area contributed by atoms with Gasteiger partial charge in [-0.25, -0.2) is 23.4 Å². The maximum absolute atomic E-state index is 14.9. The first-order chi connectivity index (χ1) is 16.3. The molecule has 0 amide bonds. The van der Waals surface area contributed by atoms with Crippen molar-refractivity contribution in [3.8, 4) is 10.6 Å². The van der Waals surface area contributed by atoms with Crippen LogP contribution in [-0.2, 0) is 25.1 Å². The number of hydrogen-bond donors (Lipinski definition) is 1. The second-order valence-corrected chi connectivity index (χ2v) is 9.95. The van der Waals surface area contributed by atoms with Crippen molar-refractivity contribution in [2.45, 2.75) is 38.1 Å². The second-order valence-electron chi connectivity index (χ2n) is 8.43. The van der Waals surface area contributed by atoms with Crippen LogP contribution in [0.4, 0.5) is 8.78 Å². The van der Waals surface area contributed by atoms with Gasteiger partial charge in [0.2, 0.25) is 0 Å². The lowest BCUT2D eigenvalue weighted by Crippen LogP contribution is -2.53. The van der Waals surface area contributed by atoms with Crippen molar-refractivity contribution in [2.24, 2.45) is 0 Å². The van der Waals surface area contributed by atoms with Crippen molar-refractivity contribution in [3.63, 3.8) is 0 Å². The van der Waals surface area contributed by atoms with E-state index in [1.807, 2.05) is 31.2 Å². The monoisotopic (exact) mass is 501 g/mol. The van der Waals surface area contributed by atoms with Crippen LogP contribution in [0.3, 0.4) is 0 Å². The Morgan fingerprint density at radius 3 is 2.71 bits per heavy atom. The average Bonchev–Trinajstić information content (AvgIpc) is 3.48. The highest BCUT2D eigenvalue weighted by Crippen LogP contribution is 2.37. The number of benzene rings is 2. The van der Waals surface area contributed by atoms with E-state index in [1.54, 1.807) is 11.3 Å². The van der Waals surface area contributed by atoms with E-state index in [0.29, 0.717) is 24.5 Å². The largest absolute Gasteiger partial charge is 0.381 e. The Labute approximate surface area is 204 Å². The van der Waals surface area contributed by atoms with Gasteiger partial charge in [-0.05, 0) is 25.1 Å². The number of thiazole rings is 1. The molecule has 0 aliphatic carbocycles. The van der Waals surface area contributed by atoms with E-state index in [0.717, 1.165) is 33.3 Å². The summed E-state index contributed by atoms with van der Waals surface area (Å²) in [5.41, 5.74) is 0.381. The molecule has 1 N–H and O–H groups in total. The zero-order chi connectivity index (χ0) is 23.9. The first kappa shape index (κ1) is 23.0. The Hall–Kier alpha value is -2.72. The normalized spacial score (nSPS) is 16.7. The van der Waals surface area contributed by atoms with E-state index in [2.05, 4.69) is 15.0 Å². The summed E-state index contributed by atoms with van der Waals surface area (Å²) in [6.45, 7) is 3.02. The van der Waals surface area contributed by atoms with Crippen molar-refractivity contribution in [3.05, 3.63) is 87.9 Å². The van der Waals surface area contributed by atoms with Gasteiger partial charge in [0.1, 0.15) is 34.9 Å². The molecule has 2 aromatic heterocycles. The molecule has 0 saturated carbocycles. The number of hydrogen-bond acceptors (Lipinski definition) is 6. The summed E-state index contributed by atoms with van der Waals surface area (Å²) in [4.78, 5) is 12.0. The standard InChI is InChI=1S/C24H22ClF2N5OS/c1-15(24(33,12-32-14-28-13-29-32)19-7-6-18(26)10-20(19)27)31-9-8-21-22(11-31)34-23(30-21)16-2-4-17(25)5-3-16/h2-7,10,13-15,33H,8-9,11-12H2,1H3. The fourth-order valence-electron chi connectivity index (χ4n) is 4.41. The number of aromatic nitrogens is 4. The molecule has 0 saturated heterocycles. The Morgan fingerprint density at radius 1 is 1.21 bits per heavy atom. The topological polar surface area (TPSA) is 67.1 Å². The Balaban J connectivity index is 1.45. The van der Waals surface area contributed by atoms with Gasteiger partial charge in [0.05, 0.1) is 12.2 Å². The summed E-state index contributed by atoms with van der Waals surface area (Å²) in [5.74, 6) is -1.49. The van der Waals surface area contributed by atoms with Gasteiger partial charge in [0, 0.05) is 52.6 Å². The van der Waals surface area contributed by atoms with E-state index in [-0.39, 0.29) is 12.1 Å². The van der Waals surface area contributed by atoms with E-state index < -0.39 is 23.3 Å². The van der Waals surface area contributed by atoms with E-state index >= 15 is 0 Å². The summed E-state index contributed by atoms with van der Waals surface area (Å²) in [6, 6.07) is 10.3. The molecule has 34 heavy (non-hydrogen) atoms. The third-order valence-corrected chi connectivity index (χ3v) is 7.74. The molecule has 0 bridgehead atoms. The molecule has 176 valence electrons. The number of aliphatic hydroxyl groups is 1. The molecule has 4 aromatic rings. The van der Waals surface area contributed by atoms with Crippen LogP contribution in [0.15, 0.2) is 55.1 Å². The van der Waals surface area contributed by atoms with Gasteiger partial charge in [-0.3, -0.25) is 4.90 Å². The number of rotatable bonds is 6. The molecular weight excluding hydrogens is 480 g/mol. The van der Waals surface area contributed by atoms with E-state index in [9.17, 15) is 13.9 Å². The molecule has 2 atom stereocenters. The molecule has 1 aliphatic heterocycles. The first-order valence-corrected chi connectivity index (χ1v) is 12.0. The van der Waals surface area contributed by atoms with Gasteiger partial charge in [0.25, 0.3) is 0 Å². The zero-order valence-corrected chi connectivity index (χ0v) is 19.9. The Kier molecular flexibility index (Phi) is 6.20. The molecular formula is C24H22ClF2N5OS. The van der Waals surface area contributed by atoms with Gasteiger partial charge >= 0.3 is 0 Å². The number of fused-ring (bicyclic) bond motifs is 1. The van der Waals surface area contributed by atoms with Gasteiger partial charge < -0.3 is 5.11 Å². The Morgan fingerprint density at radius 2 is 2.00 bits per heavy atom. The molecule has 0 spiro atoms. The molecule has 1 aliphatic rings. The predicted octanol–water partition coefficient (Wildman–Crippen LogP) is 4.67. The number of halogens is 3. The van der Waals surface area contributed by atoms with Crippen molar-refractivity contribution >= 4 is 22.9 Å². The van der Waals surface area contributed by atoms with Crippen molar-refractivity contribution < 1.29 is 13.9 Å². The van der Waals surface area contributed by atoms with Crippen LogP contribution in [0.2, 0.25) is 5.02 Å². The minimum atomic E-state index is -1.67. The summed E-state index contributed by atoms with van der Waals surface area (Å²) in [6.07, 6.45) is 3.53. The van der Waals surface area contributed by atoms with Gasteiger partial charge in [0.15, 0.2) is 0 Å². The third kappa shape index (κ3) is 4.36. The minimum Gasteiger partial charge on any atom is -0.381 e. The molecule has 0 radical (unpaired) electrons. The predicted molar refractivity (Wildman–Crippen MR) is 126 cm³/mol. The highest BCUT2D eigenvalue weighted by molar-refractivity contribution is 7.15. The van der Waals surface area contributed by atoms with Crippen LogP contribution >= 0.6 is 22.9 Å². The Bertz CT molecular complexity index is 1300. The van der Waals surface area contributed by atoms with Crippen molar-refractivity contribution in [2.75, 3.05) is 6.54 Å². The summed E-state index contributed by atoms with van der Waals surface area (Å²) in [7, 11) is 0. The molecule has 2 aromatic carbocycles. The van der Waals surface area contributed by atoms with Gasteiger partial charge in [-0.15, -0.1) is 11.3 Å². The smallest absolute Gasteiger partial charge is 0.137 e. The lowest BCUT2D eigenvalue weighted by Gasteiger charge is -2.42.